The molecular formula is C20H33N5O9. The Kier molecular flexibility index (Phi) is 11.9. The second kappa shape index (κ2) is 14.1. The summed E-state index contributed by atoms with van der Waals surface area (Å²) in [4.78, 5) is 73.4. The van der Waals surface area contributed by atoms with E-state index in [0.29, 0.717) is 25.8 Å². The Bertz CT molecular complexity index is 776. The number of nitrogens with two attached hydrogens (primary N) is 1. The number of aliphatic carboxylic acids is 2. The Labute approximate surface area is 196 Å². The van der Waals surface area contributed by atoms with Gasteiger partial charge in [-0.3, -0.25) is 24.0 Å². The smallest absolute Gasteiger partial charge is 0.326 e. The van der Waals surface area contributed by atoms with E-state index in [4.69, 9.17) is 10.8 Å². The highest BCUT2D eigenvalue weighted by atomic mass is 16.4. The Morgan fingerprint density at radius 1 is 0.971 bits per heavy atom. The Hall–Kier alpha value is -3.26. The van der Waals surface area contributed by atoms with Crippen molar-refractivity contribution in [2.45, 2.75) is 69.6 Å². The molecule has 1 rings (SSSR count). The maximum absolute atomic E-state index is 13.1. The normalized spacial score (nSPS) is 17.9. The molecule has 4 amide bonds. The molecule has 3 unspecified atom stereocenters. The van der Waals surface area contributed by atoms with Crippen LogP contribution in [0.3, 0.4) is 0 Å². The van der Waals surface area contributed by atoms with Gasteiger partial charge in [-0.15, -0.1) is 0 Å². The van der Waals surface area contributed by atoms with Crippen molar-refractivity contribution in [1.82, 2.24) is 20.9 Å². The van der Waals surface area contributed by atoms with E-state index in [1.54, 1.807) is 0 Å². The lowest BCUT2D eigenvalue weighted by atomic mass is 10.1. The molecule has 0 bridgehead atoms. The first-order valence-corrected chi connectivity index (χ1v) is 11.0. The number of carbonyl (C=O) groups is 6. The quantitative estimate of drug-likeness (QED) is 0.124. The lowest BCUT2D eigenvalue weighted by Gasteiger charge is -2.29. The van der Waals surface area contributed by atoms with Crippen molar-refractivity contribution in [1.29, 1.82) is 0 Å². The average molecular weight is 488 g/mol. The molecule has 1 aliphatic rings. The van der Waals surface area contributed by atoms with E-state index in [9.17, 15) is 39.0 Å². The summed E-state index contributed by atoms with van der Waals surface area (Å²) in [5.41, 5.74) is 5.49. The Morgan fingerprint density at radius 3 is 2.12 bits per heavy atom. The molecule has 0 radical (unpaired) electrons. The third-order valence-electron chi connectivity index (χ3n) is 5.27. The van der Waals surface area contributed by atoms with Crippen LogP contribution in [0, 0.1) is 0 Å². The number of hydrogen-bond acceptors (Lipinski definition) is 8. The number of carboxylic acid groups (broad SMARTS) is 2. The maximum atomic E-state index is 13.1. The number of amides is 4. The number of rotatable bonds is 14. The Balaban J connectivity index is 3.03. The van der Waals surface area contributed by atoms with Gasteiger partial charge in [0.25, 0.3) is 0 Å². The van der Waals surface area contributed by atoms with Gasteiger partial charge in [0.15, 0.2) is 0 Å². The van der Waals surface area contributed by atoms with Gasteiger partial charge in [0, 0.05) is 13.5 Å². The van der Waals surface area contributed by atoms with E-state index >= 15 is 0 Å². The van der Waals surface area contributed by atoms with Crippen LogP contribution < -0.4 is 21.7 Å². The van der Waals surface area contributed by atoms with Crippen LogP contribution in [0.2, 0.25) is 0 Å². The van der Waals surface area contributed by atoms with Gasteiger partial charge in [-0.1, -0.05) is 0 Å². The molecule has 0 aromatic carbocycles. The van der Waals surface area contributed by atoms with E-state index in [2.05, 4.69) is 16.0 Å². The number of aliphatic hydroxyl groups is 1. The number of carboxylic acids is 2. The van der Waals surface area contributed by atoms with E-state index in [1.807, 2.05) is 0 Å². The summed E-state index contributed by atoms with van der Waals surface area (Å²) < 4.78 is 0. The molecule has 14 nitrogen and oxygen atoms in total. The fourth-order valence-electron chi connectivity index (χ4n) is 3.61. The first-order chi connectivity index (χ1) is 16.0. The highest BCUT2D eigenvalue weighted by molar-refractivity contribution is 5.96. The summed E-state index contributed by atoms with van der Waals surface area (Å²) >= 11 is 0. The van der Waals surface area contributed by atoms with Crippen molar-refractivity contribution in [2.24, 2.45) is 5.73 Å². The summed E-state index contributed by atoms with van der Waals surface area (Å²) in [6.07, 6.45) is 1.02. The van der Waals surface area contributed by atoms with Crippen molar-refractivity contribution < 1.29 is 44.1 Å². The molecule has 4 atom stereocenters. The monoisotopic (exact) mass is 487 g/mol. The molecule has 0 aromatic rings. The molecule has 1 heterocycles. The van der Waals surface area contributed by atoms with Crippen molar-refractivity contribution in [2.75, 3.05) is 19.7 Å². The number of nitrogens with zero attached hydrogens (tertiary/aromatic N) is 1. The Morgan fingerprint density at radius 2 is 1.59 bits per heavy atom. The minimum Gasteiger partial charge on any atom is -0.481 e. The molecule has 0 spiro atoms. The zero-order valence-corrected chi connectivity index (χ0v) is 19.0. The van der Waals surface area contributed by atoms with Crippen LogP contribution in [-0.2, 0) is 28.8 Å². The van der Waals surface area contributed by atoms with Gasteiger partial charge in [-0.25, -0.2) is 4.79 Å². The first kappa shape index (κ1) is 28.8. The van der Waals surface area contributed by atoms with Gasteiger partial charge in [0.2, 0.25) is 23.6 Å². The summed E-state index contributed by atoms with van der Waals surface area (Å²) in [6, 6.07) is -5.22. The molecule has 8 N–H and O–H groups in total. The van der Waals surface area contributed by atoms with Crippen LogP contribution in [0.1, 0.15) is 45.4 Å². The second-order valence-corrected chi connectivity index (χ2v) is 7.97. The third kappa shape index (κ3) is 8.94. The van der Waals surface area contributed by atoms with E-state index in [0.717, 1.165) is 6.92 Å². The van der Waals surface area contributed by atoms with E-state index < -0.39 is 72.8 Å². The second-order valence-electron chi connectivity index (χ2n) is 7.97. The van der Waals surface area contributed by atoms with Crippen LogP contribution in [0.4, 0.5) is 0 Å². The zero-order chi connectivity index (χ0) is 25.8. The largest absolute Gasteiger partial charge is 0.481 e. The predicted molar refractivity (Wildman–Crippen MR) is 116 cm³/mol. The summed E-state index contributed by atoms with van der Waals surface area (Å²) in [7, 11) is 0. The number of nitrogens with one attached hydrogen (secondary N) is 3. The number of carbonyl (C=O) groups excluding carboxylic acids is 4. The highest BCUT2D eigenvalue weighted by Gasteiger charge is 2.38. The van der Waals surface area contributed by atoms with Gasteiger partial charge < -0.3 is 41.9 Å². The SMILES string of the molecule is CC(=O)NC(CO)C(=O)NC(CC(=O)O)C(=O)NC(CCCCN)C(=O)N1CCC[C@H]1C(=O)O. The molecule has 14 heteroatoms. The summed E-state index contributed by atoms with van der Waals surface area (Å²) in [5, 5.41) is 34.6. The van der Waals surface area contributed by atoms with Crippen molar-refractivity contribution in [3.05, 3.63) is 0 Å². The lowest BCUT2D eigenvalue weighted by Crippen LogP contribution is -2.58. The van der Waals surface area contributed by atoms with Gasteiger partial charge in [-0.2, -0.15) is 0 Å². The molecular weight excluding hydrogens is 454 g/mol. The van der Waals surface area contributed by atoms with Crippen LogP contribution in [0.5, 0.6) is 0 Å². The van der Waals surface area contributed by atoms with Crippen molar-refractivity contribution in [3.8, 4) is 0 Å². The number of unbranched alkanes of at least 4 members (excludes halogenated alkanes) is 1. The maximum Gasteiger partial charge on any atom is 0.326 e. The molecule has 0 saturated carbocycles. The van der Waals surface area contributed by atoms with Gasteiger partial charge in [0.05, 0.1) is 13.0 Å². The topological polar surface area (TPSA) is 228 Å². The molecule has 34 heavy (non-hydrogen) atoms. The van der Waals surface area contributed by atoms with Crippen molar-refractivity contribution in [3.63, 3.8) is 0 Å². The minimum atomic E-state index is -1.62. The van der Waals surface area contributed by atoms with Crippen molar-refractivity contribution >= 4 is 35.6 Å². The highest BCUT2D eigenvalue weighted by Crippen LogP contribution is 2.20. The lowest BCUT2D eigenvalue weighted by molar-refractivity contribution is -0.149. The van der Waals surface area contributed by atoms with Gasteiger partial charge >= 0.3 is 11.9 Å². The standard InChI is InChI=1S/C20H33N5O9/c1-11(27)22-14(10-26)18(31)24-13(9-16(28)29)17(30)23-12(5-2-3-7-21)19(32)25-8-4-6-15(25)20(33)34/h12-15,26H,2-10,21H2,1H3,(H,22,27)(H,23,30)(H,24,31)(H,28,29)(H,33,34)/t12?,13?,14?,15-/m0/s1. The molecule has 1 fully saturated rings. The minimum absolute atomic E-state index is 0.128. The van der Waals surface area contributed by atoms with Gasteiger partial charge in [-0.05, 0) is 38.6 Å². The molecule has 1 aliphatic heterocycles. The third-order valence-corrected chi connectivity index (χ3v) is 5.27. The van der Waals surface area contributed by atoms with Gasteiger partial charge in [0.1, 0.15) is 24.2 Å². The average Bonchev–Trinajstić information content (AvgIpc) is 3.25. The number of aliphatic hydroxyl groups excluding tert-OH is 1. The number of hydrogen-bond donors (Lipinski definition) is 7. The fraction of sp³-hybridized carbons (Fsp3) is 0.700. The zero-order valence-electron chi connectivity index (χ0n) is 19.0. The predicted octanol–water partition coefficient (Wildman–Crippen LogP) is -2.87. The molecule has 0 aromatic heterocycles. The molecule has 1 saturated heterocycles. The summed E-state index contributed by atoms with van der Waals surface area (Å²) in [5.74, 6) is -5.80. The summed E-state index contributed by atoms with van der Waals surface area (Å²) in [6.45, 7) is 0.846. The van der Waals surface area contributed by atoms with E-state index in [1.165, 1.54) is 4.90 Å². The van der Waals surface area contributed by atoms with E-state index in [-0.39, 0.29) is 19.4 Å². The molecule has 0 aliphatic carbocycles. The molecule has 192 valence electrons. The van der Waals surface area contributed by atoms with Crippen LogP contribution in [0.25, 0.3) is 0 Å². The van der Waals surface area contributed by atoms with Crippen LogP contribution in [-0.4, -0.2) is 99.7 Å². The number of likely N-dealkylation sites (tertiary alicyclic amines) is 1. The first-order valence-electron chi connectivity index (χ1n) is 11.0. The van der Waals surface area contributed by atoms with Crippen LogP contribution in [0.15, 0.2) is 0 Å². The fourth-order valence-corrected chi connectivity index (χ4v) is 3.61. The van der Waals surface area contributed by atoms with Crippen LogP contribution >= 0.6 is 0 Å².